The first-order valence-corrected chi connectivity index (χ1v) is 7.71. The van der Waals surface area contributed by atoms with Crippen molar-refractivity contribution >= 4 is 0 Å². The Hall–Kier alpha value is -0.860. The SMILES string of the molecule is CCCN(C)C1CC(c2ccccc2)CCC1CN. The quantitative estimate of drug-likeness (QED) is 0.880. The average molecular weight is 260 g/mol. The van der Waals surface area contributed by atoms with Crippen LogP contribution in [-0.2, 0) is 0 Å². The van der Waals surface area contributed by atoms with E-state index in [0.717, 1.165) is 6.54 Å². The molecule has 2 rings (SSSR count). The average Bonchev–Trinajstić information content (AvgIpc) is 2.47. The summed E-state index contributed by atoms with van der Waals surface area (Å²) in [4.78, 5) is 2.53. The van der Waals surface area contributed by atoms with Gasteiger partial charge in [0.25, 0.3) is 0 Å². The maximum atomic E-state index is 5.99. The van der Waals surface area contributed by atoms with Crippen molar-refractivity contribution in [3.63, 3.8) is 0 Å². The molecule has 3 unspecified atom stereocenters. The highest BCUT2D eigenvalue weighted by atomic mass is 15.1. The van der Waals surface area contributed by atoms with E-state index in [1.165, 1.54) is 37.8 Å². The van der Waals surface area contributed by atoms with E-state index in [0.29, 0.717) is 17.9 Å². The number of hydrogen-bond acceptors (Lipinski definition) is 2. The number of nitrogens with zero attached hydrogens (tertiary/aromatic N) is 1. The van der Waals surface area contributed by atoms with Crippen LogP contribution in [0.1, 0.15) is 44.1 Å². The molecule has 2 heteroatoms. The van der Waals surface area contributed by atoms with Gasteiger partial charge in [0, 0.05) is 6.04 Å². The lowest BCUT2D eigenvalue weighted by Crippen LogP contribution is -2.45. The van der Waals surface area contributed by atoms with Crippen molar-refractivity contribution in [2.75, 3.05) is 20.1 Å². The van der Waals surface area contributed by atoms with Gasteiger partial charge in [-0.15, -0.1) is 0 Å². The first-order valence-electron chi connectivity index (χ1n) is 7.71. The van der Waals surface area contributed by atoms with Crippen molar-refractivity contribution in [1.29, 1.82) is 0 Å². The molecular weight excluding hydrogens is 232 g/mol. The second kappa shape index (κ2) is 7.06. The first kappa shape index (κ1) is 14.5. The minimum Gasteiger partial charge on any atom is -0.330 e. The fourth-order valence-electron chi connectivity index (χ4n) is 3.57. The van der Waals surface area contributed by atoms with Gasteiger partial charge in [-0.3, -0.25) is 0 Å². The summed E-state index contributed by atoms with van der Waals surface area (Å²) in [6, 6.07) is 11.7. The number of rotatable bonds is 5. The summed E-state index contributed by atoms with van der Waals surface area (Å²) in [5.74, 6) is 1.39. The molecule has 0 heterocycles. The van der Waals surface area contributed by atoms with Crippen LogP contribution < -0.4 is 5.73 Å². The molecule has 1 aromatic carbocycles. The third-order valence-corrected chi connectivity index (χ3v) is 4.67. The second-order valence-electron chi connectivity index (χ2n) is 5.96. The molecule has 0 amide bonds. The van der Waals surface area contributed by atoms with E-state index in [-0.39, 0.29) is 0 Å². The zero-order chi connectivity index (χ0) is 13.7. The topological polar surface area (TPSA) is 29.3 Å². The highest BCUT2D eigenvalue weighted by Gasteiger charge is 2.32. The Labute approximate surface area is 118 Å². The van der Waals surface area contributed by atoms with E-state index >= 15 is 0 Å². The zero-order valence-corrected chi connectivity index (χ0v) is 12.4. The van der Waals surface area contributed by atoms with E-state index in [9.17, 15) is 0 Å². The van der Waals surface area contributed by atoms with Gasteiger partial charge >= 0.3 is 0 Å². The largest absolute Gasteiger partial charge is 0.330 e. The van der Waals surface area contributed by atoms with E-state index in [2.05, 4.69) is 49.2 Å². The summed E-state index contributed by atoms with van der Waals surface area (Å²) >= 11 is 0. The molecule has 2 nitrogen and oxygen atoms in total. The van der Waals surface area contributed by atoms with Gasteiger partial charge in [0.05, 0.1) is 0 Å². The van der Waals surface area contributed by atoms with Gasteiger partial charge in [0.15, 0.2) is 0 Å². The molecule has 1 aromatic rings. The van der Waals surface area contributed by atoms with Crippen LogP contribution in [0.2, 0.25) is 0 Å². The van der Waals surface area contributed by atoms with Gasteiger partial charge in [-0.05, 0) is 63.2 Å². The Morgan fingerprint density at radius 2 is 1.95 bits per heavy atom. The van der Waals surface area contributed by atoms with Crippen molar-refractivity contribution in [3.05, 3.63) is 35.9 Å². The molecular formula is C17H28N2. The van der Waals surface area contributed by atoms with E-state index in [4.69, 9.17) is 5.73 Å². The number of benzene rings is 1. The number of nitrogens with two attached hydrogens (primary N) is 1. The predicted molar refractivity (Wildman–Crippen MR) is 82.3 cm³/mol. The molecule has 3 atom stereocenters. The molecule has 1 aliphatic carbocycles. The lowest BCUT2D eigenvalue weighted by molar-refractivity contribution is 0.122. The molecule has 0 saturated heterocycles. The highest BCUT2D eigenvalue weighted by Crippen LogP contribution is 2.37. The Morgan fingerprint density at radius 3 is 2.58 bits per heavy atom. The minimum absolute atomic E-state index is 0.656. The Morgan fingerprint density at radius 1 is 1.21 bits per heavy atom. The van der Waals surface area contributed by atoms with Crippen molar-refractivity contribution in [1.82, 2.24) is 4.90 Å². The summed E-state index contributed by atoms with van der Waals surface area (Å²) in [5, 5.41) is 0. The van der Waals surface area contributed by atoms with Crippen molar-refractivity contribution in [3.8, 4) is 0 Å². The van der Waals surface area contributed by atoms with Gasteiger partial charge in [0.1, 0.15) is 0 Å². The molecule has 1 aliphatic rings. The molecule has 1 saturated carbocycles. The Balaban J connectivity index is 2.07. The Kier molecular flexibility index (Phi) is 5.41. The molecule has 0 spiro atoms. The third-order valence-electron chi connectivity index (χ3n) is 4.67. The van der Waals surface area contributed by atoms with E-state index < -0.39 is 0 Å². The van der Waals surface area contributed by atoms with Crippen LogP contribution in [0.25, 0.3) is 0 Å². The summed E-state index contributed by atoms with van der Waals surface area (Å²) in [5.41, 5.74) is 7.49. The van der Waals surface area contributed by atoms with E-state index in [1.807, 2.05) is 0 Å². The summed E-state index contributed by atoms with van der Waals surface area (Å²) in [6.45, 7) is 4.27. The van der Waals surface area contributed by atoms with Gasteiger partial charge < -0.3 is 10.6 Å². The van der Waals surface area contributed by atoms with E-state index in [1.54, 1.807) is 0 Å². The van der Waals surface area contributed by atoms with Crippen molar-refractivity contribution in [2.45, 2.75) is 44.6 Å². The van der Waals surface area contributed by atoms with Gasteiger partial charge in [-0.25, -0.2) is 0 Å². The van der Waals surface area contributed by atoms with Gasteiger partial charge in [0.2, 0.25) is 0 Å². The van der Waals surface area contributed by atoms with Gasteiger partial charge in [-0.1, -0.05) is 37.3 Å². The molecule has 19 heavy (non-hydrogen) atoms. The lowest BCUT2D eigenvalue weighted by atomic mass is 9.75. The van der Waals surface area contributed by atoms with Crippen LogP contribution >= 0.6 is 0 Å². The second-order valence-corrected chi connectivity index (χ2v) is 5.96. The van der Waals surface area contributed by atoms with Crippen LogP contribution in [0.3, 0.4) is 0 Å². The maximum absolute atomic E-state index is 5.99. The lowest BCUT2D eigenvalue weighted by Gasteiger charge is -2.41. The van der Waals surface area contributed by atoms with Crippen molar-refractivity contribution < 1.29 is 0 Å². The Bertz CT molecular complexity index is 363. The molecule has 2 N–H and O–H groups in total. The highest BCUT2D eigenvalue weighted by molar-refractivity contribution is 5.20. The molecule has 0 bridgehead atoms. The summed E-state index contributed by atoms with van der Waals surface area (Å²) < 4.78 is 0. The van der Waals surface area contributed by atoms with Crippen LogP contribution in [0, 0.1) is 5.92 Å². The molecule has 0 aliphatic heterocycles. The van der Waals surface area contributed by atoms with Gasteiger partial charge in [-0.2, -0.15) is 0 Å². The summed E-state index contributed by atoms with van der Waals surface area (Å²) in [7, 11) is 2.27. The van der Waals surface area contributed by atoms with Crippen molar-refractivity contribution in [2.24, 2.45) is 11.7 Å². The summed E-state index contributed by atoms with van der Waals surface area (Å²) in [6.07, 6.45) is 5.06. The number of hydrogen-bond donors (Lipinski definition) is 1. The smallest absolute Gasteiger partial charge is 0.0138 e. The fourth-order valence-corrected chi connectivity index (χ4v) is 3.57. The monoisotopic (exact) mass is 260 g/mol. The van der Waals surface area contributed by atoms with Crippen LogP contribution in [0.4, 0.5) is 0 Å². The third kappa shape index (κ3) is 3.58. The van der Waals surface area contributed by atoms with Crippen LogP contribution in [0.15, 0.2) is 30.3 Å². The maximum Gasteiger partial charge on any atom is 0.0138 e. The molecule has 1 fully saturated rings. The normalized spacial score (nSPS) is 27.7. The zero-order valence-electron chi connectivity index (χ0n) is 12.4. The minimum atomic E-state index is 0.656. The molecule has 106 valence electrons. The van der Waals surface area contributed by atoms with Crippen LogP contribution in [0.5, 0.6) is 0 Å². The molecule has 0 aromatic heterocycles. The first-order chi connectivity index (χ1) is 9.26. The van der Waals surface area contributed by atoms with Crippen LogP contribution in [-0.4, -0.2) is 31.1 Å². The predicted octanol–water partition coefficient (Wildman–Crippen LogP) is 3.24. The molecule has 0 radical (unpaired) electrons. The fraction of sp³-hybridized carbons (Fsp3) is 0.647. The standard InChI is InChI=1S/C17H28N2/c1-3-11-19(2)17-12-15(9-10-16(17)13-18)14-7-5-4-6-8-14/h4-8,15-17H,3,9-13,18H2,1-2H3.